The highest BCUT2D eigenvalue weighted by molar-refractivity contribution is 5.81. The fraction of sp³-hybridized carbons (Fsp3) is 0.778. The fourth-order valence-electron chi connectivity index (χ4n) is 3.18. The van der Waals surface area contributed by atoms with Crippen molar-refractivity contribution in [3.63, 3.8) is 0 Å². The summed E-state index contributed by atoms with van der Waals surface area (Å²) in [4.78, 5) is 24.1. The molecule has 3 atom stereocenters. The van der Waals surface area contributed by atoms with Crippen LogP contribution in [0.1, 0.15) is 45.4 Å². The van der Waals surface area contributed by atoms with E-state index in [-0.39, 0.29) is 12.0 Å². The second-order valence-electron chi connectivity index (χ2n) is 6.88. The molecular formula is C18H29NO5. The summed E-state index contributed by atoms with van der Waals surface area (Å²) in [5.74, 6) is 0.0479. The van der Waals surface area contributed by atoms with Gasteiger partial charge in [0.25, 0.3) is 0 Å². The van der Waals surface area contributed by atoms with Gasteiger partial charge in [-0.15, -0.1) is 6.58 Å². The van der Waals surface area contributed by atoms with E-state index in [2.05, 4.69) is 11.9 Å². The first-order valence-electron chi connectivity index (χ1n) is 8.78. The van der Waals surface area contributed by atoms with Gasteiger partial charge in [-0.3, -0.25) is 0 Å². The quantitative estimate of drug-likeness (QED) is 0.544. The SMILES string of the molecule is C=C(C)CCC[C@@H]1CC1OC(=O)N[C@H](C(=O)OC)C1CCOCC1. The summed E-state index contributed by atoms with van der Waals surface area (Å²) in [6, 6.07) is -0.660. The smallest absolute Gasteiger partial charge is 0.408 e. The number of amides is 1. The number of nitrogens with one attached hydrogen (secondary N) is 1. The Kier molecular flexibility index (Phi) is 7.09. The van der Waals surface area contributed by atoms with Crippen LogP contribution in [0.4, 0.5) is 4.79 Å². The van der Waals surface area contributed by atoms with Crippen LogP contribution >= 0.6 is 0 Å². The molecule has 0 aromatic rings. The molecule has 0 spiro atoms. The van der Waals surface area contributed by atoms with Crippen LogP contribution in [0.3, 0.4) is 0 Å². The van der Waals surface area contributed by atoms with E-state index in [0.717, 1.165) is 38.5 Å². The van der Waals surface area contributed by atoms with Gasteiger partial charge in [0.05, 0.1) is 7.11 Å². The zero-order valence-corrected chi connectivity index (χ0v) is 14.7. The zero-order valence-electron chi connectivity index (χ0n) is 14.7. The molecule has 24 heavy (non-hydrogen) atoms. The van der Waals surface area contributed by atoms with Crippen LogP contribution in [0.25, 0.3) is 0 Å². The number of ether oxygens (including phenoxy) is 3. The maximum atomic E-state index is 12.1. The molecule has 1 saturated heterocycles. The second-order valence-corrected chi connectivity index (χ2v) is 6.88. The fourth-order valence-corrected chi connectivity index (χ4v) is 3.18. The van der Waals surface area contributed by atoms with Crippen LogP contribution in [0.2, 0.25) is 0 Å². The molecule has 2 fully saturated rings. The Labute approximate surface area is 143 Å². The van der Waals surface area contributed by atoms with Crippen LogP contribution in [0, 0.1) is 11.8 Å². The highest BCUT2D eigenvalue weighted by Gasteiger charge is 2.41. The Morgan fingerprint density at radius 3 is 2.67 bits per heavy atom. The Balaban J connectivity index is 1.74. The molecule has 0 bridgehead atoms. The third-order valence-electron chi connectivity index (χ3n) is 4.76. The predicted molar refractivity (Wildman–Crippen MR) is 89.5 cm³/mol. The summed E-state index contributed by atoms with van der Waals surface area (Å²) in [5, 5.41) is 2.70. The molecule has 1 unspecified atom stereocenters. The average Bonchev–Trinajstić information content (AvgIpc) is 3.30. The van der Waals surface area contributed by atoms with Gasteiger partial charge in [0.2, 0.25) is 0 Å². The van der Waals surface area contributed by atoms with E-state index < -0.39 is 18.1 Å². The second kappa shape index (κ2) is 9.06. The van der Waals surface area contributed by atoms with Crippen molar-refractivity contribution in [1.82, 2.24) is 5.32 Å². The standard InChI is InChI=1S/C18H29NO5/c1-12(2)5-4-6-14-11-15(14)24-18(21)19-16(17(20)22-3)13-7-9-23-10-8-13/h13-16H,1,4-11H2,2-3H3,(H,19,21)/t14-,15?,16+/m1/s1. The molecular weight excluding hydrogens is 310 g/mol. The lowest BCUT2D eigenvalue weighted by Crippen LogP contribution is -2.48. The Bertz CT molecular complexity index is 458. The maximum Gasteiger partial charge on any atom is 0.408 e. The molecule has 1 heterocycles. The van der Waals surface area contributed by atoms with Gasteiger partial charge in [-0.05, 0) is 57.3 Å². The summed E-state index contributed by atoms with van der Waals surface area (Å²) in [5.41, 5.74) is 1.18. The minimum absolute atomic E-state index is 0.0249. The van der Waals surface area contributed by atoms with Gasteiger partial charge in [0.1, 0.15) is 12.1 Å². The zero-order chi connectivity index (χ0) is 17.5. The topological polar surface area (TPSA) is 73.9 Å². The molecule has 0 aromatic heterocycles. The van der Waals surface area contributed by atoms with Gasteiger partial charge in [-0.1, -0.05) is 5.57 Å². The molecule has 2 rings (SSSR count). The number of hydrogen-bond acceptors (Lipinski definition) is 5. The van der Waals surface area contributed by atoms with Crippen molar-refractivity contribution in [2.75, 3.05) is 20.3 Å². The third kappa shape index (κ3) is 5.82. The van der Waals surface area contributed by atoms with Crippen LogP contribution in [-0.2, 0) is 19.0 Å². The Morgan fingerprint density at radius 1 is 1.33 bits per heavy atom. The van der Waals surface area contributed by atoms with Crippen molar-refractivity contribution < 1.29 is 23.8 Å². The van der Waals surface area contributed by atoms with Crippen molar-refractivity contribution in [2.24, 2.45) is 11.8 Å². The number of allylic oxidation sites excluding steroid dienone is 1. The van der Waals surface area contributed by atoms with Crippen molar-refractivity contribution in [3.05, 3.63) is 12.2 Å². The first-order valence-corrected chi connectivity index (χ1v) is 8.78. The van der Waals surface area contributed by atoms with E-state index in [1.807, 2.05) is 6.92 Å². The molecule has 1 saturated carbocycles. The summed E-state index contributed by atoms with van der Waals surface area (Å²) >= 11 is 0. The molecule has 1 aliphatic carbocycles. The number of rotatable bonds is 8. The van der Waals surface area contributed by atoms with E-state index in [9.17, 15) is 9.59 Å². The van der Waals surface area contributed by atoms with Crippen molar-refractivity contribution in [2.45, 2.75) is 57.6 Å². The molecule has 0 aromatic carbocycles. The van der Waals surface area contributed by atoms with Gasteiger partial charge >= 0.3 is 12.1 Å². The lowest BCUT2D eigenvalue weighted by molar-refractivity contribution is -0.145. The first-order chi connectivity index (χ1) is 11.5. The van der Waals surface area contributed by atoms with Gasteiger partial charge in [-0.2, -0.15) is 0 Å². The lowest BCUT2D eigenvalue weighted by Gasteiger charge is -2.28. The number of methoxy groups -OCH3 is 1. The van der Waals surface area contributed by atoms with E-state index in [0.29, 0.717) is 19.1 Å². The number of hydrogen-bond donors (Lipinski definition) is 1. The number of esters is 1. The molecule has 6 nitrogen and oxygen atoms in total. The van der Waals surface area contributed by atoms with E-state index in [1.54, 1.807) is 0 Å². The Hall–Kier alpha value is -1.56. The highest BCUT2D eigenvalue weighted by atomic mass is 16.6. The van der Waals surface area contributed by atoms with Crippen LogP contribution in [0.5, 0.6) is 0 Å². The van der Waals surface area contributed by atoms with Gasteiger partial charge in [0.15, 0.2) is 0 Å². The predicted octanol–water partition coefficient (Wildman–Crippen LogP) is 2.82. The Morgan fingerprint density at radius 2 is 2.04 bits per heavy atom. The summed E-state index contributed by atoms with van der Waals surface area (Å²) in [7, 11) is 1.33. The molecule has 6 heteroatoms. The maximum absolute atomic E-state index is 12.1. The summed E-state index contributed by atoms with van der Waals surface area (Å²) in [6.45, 7) is 7.12. The van der Waals surface area contributed by atoms with E-state index in [4.69, 9.17) is 14.2 Å². The normalized spacial score (nSPS) is 24.8. The van der Waals surface area contributed by atoms with Gasteiger partial charge in [-0.25, -0.2) is 9.59 Å². The summed E-state index contributed by atoms with van der Waals surface area (Å²) in [6.07, 6.45) is 4.96. The highest BCUT2D eigenvalue weighted by Crippen LogP contribution is 2.38. The van der Waals surface area contributed by atoms with Crippen molar-refractivity contribution in [1.29, 1.82) is 0 Å². The van der Waals surface area contributed by atoms with E-state index >= 15 is 0 Å². The molecule has 0 radical (unpaired) electrons. The molecule has 1 amide bonds. The monoisotopic (exact) mass is 339 g/mol. The molecule has 1 N–H and O–H groups in total. The lowest BCUT2D eigenvalue weighted by atomic mass is 9.92. The summed E-state index contributed by atoms with van der Waals surface area (Å²) < 4.78 is 15.6. The molecule has 2 aliphatic rings. The van der Waals surface area contributed by atoms with Crippen LogP contribution in [0.15, 0.2) is 12.2 Å². The minimum Gasteiger partial charge on any atom is -0.467 e. The van der Waals surface area contributed by atoms with Crippen molar-refractivity contribution >= 4 is 12.1 Å². The molecule has 136 valence electrons. The number of alkyl carbamates (subject to hydrolysis) is 1. The largest absolute Gasteiger partial charge is 0.467 e. The number of carbonyl (C=O) groups is 2. The number of carbonyl (C=O) groups excluding carboxylic acids is 2. The van der Waals surface area contributed by atoms with Gasteiger partial charge < -0.3 is 19.5 Å². The first kappa shape index (κ1) is 18.8. The minimum atomic E-state index is -0.660. The van der Waals surface area contributed by atoms with Crippen LogP contribution in [-0.4, -0.2) is 44.5 Å². The van der Waals surface area contributed by atoms with Crippen molar-refractivity contribution in [3.8, 4) is 0 Å². The van der Waals surface area contributed by atoms with E-state index in [1.165, 1.54) is 12.7 Å². The molecule has 1 aliphatic heterocycles. The average molecular weight is 339 g/mol. The van der Waals surface area contributed by atoms with Crippen LogP contribution < -0.4 is 5.32 Å². The van der Waals surface area contributed by atoms with Gasteiger partial charge in [0, 0.05) is 13.2 Å². The third-order valence-corrected chi connectivity index (χ3v) is 4.76.